The molecule has 0 N–H and O–H groups in total. The fraction of sp³-hybridized carbons (Fsp3) is 0.143. The van der Waals surface area contributed by atoms with Crippen LogP contribution in [0.2, 0.25) is 10.0 Å². The lowest BCUT2D eigenvalue weighted by atomic mass is 10.0. The minimum absolute atomic E-state index is 0.156. The van der Waals surface area contributed by atoms with Gasteiger partial charge in [-0.25, -0.2) is 4.39 Å². The highest BCUT2D eigenvalue weighted by Crippen LogP contribution is 2.36. The molecule has 18 heavy (non-hydrogen) atoms. The number of hydrogen-bond acceptors (Lipinski definition) is 0. The van der Waals surface area contributed by atoms with Gasteiger partial charge in [-0.05, 0) is 47.9 Å². The van der Waals surface area contributed by atoms with Crippen LogP contribution in [0.25, 0.3) is 0 Å². The zero-order chi connectivity index (χ0) is 13.3. The van der Waals surface area contributed by atoms with Gasteiger partial charge in [0.05, 0.1) is 4.83 Å². The Morgan fingerprint density at radius 2 is 1.83 bits per heavy atom. The lowest BCUT2D eigenvalue weighted by Gasteiger charge is -2.13. The van der Waals surface area contributed by atoms with Gasteiger partial charge in [0.25, 0.3) is 0 Å². The Morgan fingerprint density at radius 3 is 2.44 bits per heavy atom. The molecule has 0 saturated carbocycles. The highest BCUT2D eigenvalue weighted by molar-refractivity contribution is 9.09. The van der Waals surface area contributed by atoms with Crippen molar-refractivity contribution >= 4 is 39.1 Å². The number of benzene rings is 2. The van der Waals surface area contributed by atoms with E-state index in [0.29, 0.717) is 10.0 Å². The van der Waals surface area contributed by atoms with Crippen LogP contribution in [-0.2, 0) is 0 Å². The maximum Gasteiger partial charge on any atom is 0.123 e. The predicted molar refractivity (Wildman–Crippen MR) is 78.4 cm³/mol. The number of aryl methyl sites for hydroxylation is 1. The van der Waals surface area contributed by atoms with Crippen molar-refractivity contribution in [2.75, 3.05) is 0 Å². The molecule has 2 aromatic carbocycles. The van der Waals surface area contributed by atoms with Crippen LogP contribution in [0.1, 0.15) is 21.5 Å². The molecule has 1 atom stereocenters. The standard InChI is InChI=1S/C14H10BrCl2F/c1-8-4-9(6-11(18)5-8)14(15)12-3-2-10(16)7-13(12)17/h2-7,14H,1H3. The van der Waals surface area contributed by atoms with Crippen LogP contribution >= 0.6 is 39.1 Å². The summed E-state index contributed by atoms with van der Waals surface area (Å²) in [5.74, 6) is -0.250. The van der Waals surface area contributed by atoms with Crippen molar-refractivity contribution in [1.29, 1.82) is 0 Å². The molecule has 0 aliphatic carbocycles. The van der Waals surface area contributed by atoms with Gasteiger partial charge >= 0.3 is 0 Å². The lowest BCUT2D eigenvalue weighted by molar-refractivity contribution is 0.624. The van der Waals surface area contributed by atoms with Crippen molar-refractivity contribution in [3.8, 4) is 0 Å². The molecule has 0 radical (unpaired) electrons. The number of rotatable bonds is 2. The van der Waals surface area contributed by atoms with Crippen LogP contribution in [-0.4, -0.2) is 0 Å². The van der Waals surface area contributed by atoms with Gasteiger partial charge in [-0.3, -0.25) is 0 Å². The summed E-state index contributed by atoms with van der Waals surface area (Å²) in [6.07, 6.45) is 0. The Balaban J connectivity index is 2.44. The first-order valence-electron chi connectivity index (χ1n) is 5.33. The Labute approximate surface area is 124 Å². The Hall–Kier alpha value is -0.570. The molecule has 0 fully saturated rings. The van der Waals surface area contributed by atoms with E-state index in [1.165, 1.54) is 12.1 Å². The molecule has 1 unspecified atom stereocenters. The van der Waals surface area contributed by atoms with Gasteiger partial charge in [0.1, 0.15) is 5.82 Å². The summed E-state index contributed by atoms with van der Waals surface area (Å²) in [5.41, 5.74) is 2.57. The van der Waals surface area contributed by atoms with Gasteiger partial charge in [0, 0.05) is 10.0 Å². The van der Waals surface area contributed by atoms with Gasteiger partial charge in [-0.15, -0.1) is 0 Å². The van der Waals surface area contributed by atoms with E-state index < -0.39 is 0 Å². The molecule has 0 saturated heterocycles. The smallest absolute Gasteiger partial charge is 0.123 e. The third kappa shape index (κ3) is 3.05. The third-order valence-electron chi connectivity index (χ3n) is 2.59. The Bertz CT molecular complexity index is 564. The molecule has 0 aromatic heterocycles. The maximum atomic E-state index is 13.4. The summed E-state index contributed by atoms with van der Waals surface area (Å²) in [7, 11) is 0. The summed E-state index contributed by atoms with van der Waals surface area (Å²) >= 11 is 15.5. The molecule has 0 bridgehead atoms. The van der Waals surface area contributed by atoms with Crippen molar-refractivity contribution in [3.63, 3.8) is 0 Å². The fourth-order valence-corrected chi connectivity index (χ4v) is 3.11. The van der Waals surface area contributed by atoms with Gasteiger partial charge < -0.3 is 0 Å². The molecule has 0 amide bonds. The van der Waals surface area contributed by atoms with Crippen LogP contribution < -0.4 is 0 Å². The number of halogens is 4. The topological polar surface area (TPSA) is 0 Å². The van der Waals surface area contributed by atoms with Gasteiger partial charge in [0.15, 0.2) is 0 Å². The van der Waals surface area contributed by atoms with E-state index in [2.05, 4.69) is 15.9 Å². The van der Waals surface area contributed by atoms with E-state index in [1.54, 1.807) is 12.1 Å². The Kier molecular flexibility index (Phi) is 4.31. The summed E-state index contributed by atoms with van der Waals surface area (Å²) < 4.78 is 13.4. The third-order valence-corrected chi connectivity index (χ3v) is 4.18. The average molecular weight is 348 g/mol. The van der Waals surface area contributed by atoms with Crippen LogP contribution in [0.5, 0.6) is 0 Å². The molecule has 0 aliphatic rings. The molecular formula is C14H10BrCl2F. The predicted octanol–water partition coefficient (Wildman–Crippen LogP) is 5.93. The summed E-state index contributed by atoms with van der Waals surface area (Å²) in [6, 6.07) is 10.2. The molecule has 0 nitrogen and oxygen atoms in total. The molecular weight excluding hydrogens is 338 g/mol. The highest BCUT2D eigenvalue weighted by atomic mass is 79.9. The highest BCUT2D eigenvalue weighted by Gasteiger charge is 2.15. The SMILES string of the molecule is Cc1cc(F)cc(C(Br)c2ccc(Cl)cc2Cl)c1. The van der Waals surface area contributed by atoms with E-state index in [4.69, 9.17) is 23.2 Å². The summed E-state index contributed by atoms with van der Waals surface area (Å²) in [5, 5.41) is 1.14. The molecule has 2 aromatic rings. The van der Waals surface area contributed by atoms with Crippen LogP contribution in [0.3, 0.4) is 0 Å². The van der Waals surface area contributed by atoms with E-state index in [-0.39, 0.29) is 10.6 Å². The van der Waals surface area contributed by atoms with Crippen LogP contribution in [0.15, 0.2) is 36.4 Å². The Morgan fingerprint density at radius 1 is 1.11 bits per heavy atom. The van der Waals surface area contributed by atoms with Crippen molar-refractivity contribution < 1.29 is 4.39 Å². The summed E-state index contributed by atoms with van der Waals surface area (Å²) in [6.45, 7) is 1.86. The first-order chi connectivity index (χ1) is 8.47. The normalized spacial score (nSPS) is 12.5. The number of hydrogen-bond donors (Lipinski definition) is 0. The van der Waals surface area contributed by atoms with Crippen LogP contribution in [0, 0.1) is 12.7 Å². The van der Waals surface area contributed by atoms with E-state index in [0.717, 1.165) is 16.7 Å². The largest absolute Gasteiger partial charge is 0.207 e. The number of alkyl halides is 1. The van der Waals surface area contributed by atoms with E-state index in [1.807, 2.05) is 19.1 Å². The maximum absolute atomic E-state index is 13.4. The second-order valence-corrected chi connectivity index (χ2v) is 5.85. The van der Waals surface area contributed by atoms with Crippen molar-refractivity contribution in [1.82, 2.24) is 0 Å². The second kappa shape index (κ2) is 5.60. The van der Waals surface area contributed by atoms with Crippen molar-refractivity contribution in [3.05, 3.63) is 69.0 Å². The minimum Gasteiger partial charge on any atom is -0.207 e. The van der Waals surface area contributed by atoms with Crippen LogP contribution in [0.4, 0.5) is 4.39 Å². The molecule has 0 heterocycles. The summed E-state index contributed by atoms with van der Waals surface area (Å²) in [4.78, 5) is -0.156. The monoisotopic (exact) mass is 346 g/mol. The molecule has 2 rings (SSSR count). The quantitative estimate of drug-likeness (QED) is 0.591. The average Bonchev–Trinajstić information content (AvgIpc) is 2.26. The second-order valence-electron chi connectivity index (χ2n) is 4.09. The van der Waals surface area contributed by atoms with Gasteiger partial charge in [-0.2, -0.15) is 0 Å². The molecule has 4 heteroatoms. The molecule has 0 spiro atoms. The lowest BCUT2D eigenvalue weighted by Crippen LogP contribution is -1.95. The fourth-order valence-electron chi connectivity index (χ4n) is 1.80. The van der Waals surface area contributed by atoms with E-state index >= 15 is 0 Å². The first-order valence-corrected chi connectivity index (χ1v) is 7.00. The molecule has 94 valence electrons. The van der Waals surface area contributed by atoms with Gasteiger partial charge in [0.2, 0.25) is 0 Å². The van der Waals surface area contributed by atoms with Crippen molar-refractivity contribution in [2.24, 2.45) is 0 Å². The first kappa shape index (κ1) is 13.9. The van der Waals surface area contributed by atoms with Crippen molar-refractivity contribution in [2.45, 2.75) is 11.8 Å². The van der Waals surface area contributed by atoms with E-state index in [9.17, 15) is 4.39 Å². The van der Waals surface area contributed by atoms with Gasteiger partial charge in [-0.1, -0.05) is 51.3 Å². The zero-order valence-corrected chi connectivity index (χ0v) is 12.7. The molecule has 0 aliphatic heterocycles. The zero-order valence-electron chi connectivity index (χ0n) is 9.55. The minimum atomic E-state index is -0.250.